The monoisotopic (exact) mass is 267 g/mol. The predicted molar refractivity (Wildman–Crippen MR) is 72.2 cm³/mol. The van der Waals surface area contributed by atoms with Crippen molar-refractivity contribution in [2.24, 2.45) is 5.73 Å². The molecule has 4 N–H and O–H groups in total. The van der Waals surface area contributed by atoms with Crippen LogP contribution in [0.2, 0.25) is 0 Å². The average molecular weight is 267 g/mol. The van der Waals surface area contributed by atoms with E-state index in [1.54, 1.807) is 13.8 Å². The Bertz CT molecular complexity index is 501. The quantitative estimate of drug-likeness (QED) is 0.778. The fourth-order valence-corrected chi connectivity index (χ4v) is 1.33. The van der Waals surface area contributed by atoms with Crippen LogP contribution in [-0.4, -0.2) is 17.4 Å². The molecule has 1 rings (SSSR count). The molecule has 0 aliphatic carbocycles. The van der Waals surface area contributed by atoms with Gasteiger partial charge in [-0.2, -0.15) is 0 Å². The Hall–Kier alpha value is -1.95. The molecule has 0 aliphatic heterocycles. The summed E-state index contributed by atoms with van der Waals surface area (Å²) < 4.78 is 13.6. The van der Waals surface area contributed by atoms with Gasteiger partial charge in [-0.15, -0.1) is 0 Å². The first-order chi connectivity index (χ1) is 8.76. The van der Waals surface area contributed by atoms with Gasteiger partial charge in [0.15, 0.2) is 0 Å². The zero-order valence-corrected chi connectivity index (χ0v) is 11.2. The highest BCUT2D eigenvalue weighted by Gasteiger charge is 2.26. The summed E-state index contributed by atoms with van der Waals surface area (Å²) in [6, 6.07) is 3.93. The lowest BCUT2D eigenvalue weighted by Gasteiger charge is -2.21. The van der Waals surface area contributed by atoms with Gasteiger partial charge in [-0.05, 0) is 31.5 Å². The molecule has 0 heterocycles. The molecule has 19 heavy (non-hydrogen) atoms. The van der Waals surface area contributed by atoms with Crippen molar-refractivity contribution in [3.8, 4) is 0 Å². The predicted octanol–water partition coefficient (Wildman–Crippen LogP) is 1.85. The van der Waals surface area contributed by atoms with E-state index in [0.29, 0.717) is 12.1 Å². The van der Waals surface area contributed by atoms with Crippen LogP contribution >= 0.6 is 0 Å². The van der Waals surface area contributed by atoms with Crippen molar-refractivity contribution >= 4 is 23.2 Å². The third-order valence-corrected chi connectivity index (χ3v) is 2.79. The summed E-state index contributed by atoms with van der Waals surface area (Å²) in [5, 5.41) is 4.94. The van der Waals surface area contributed by atoms with Crippen LogP contribution in [0.1, 0.15) is 27.2 Å². The second-order valence-electron chi connectivity index (χ2n) is 4.60. The summed E-state index contributed by atoms with van der Waals surface area (Å²) in [5.74, 6) is -1.34. The van der Waals surface area contributed by atoms with Crippen LogP contribution in [0.25, 0.3) is 0 Å². The van der Waals surface area contributed by atoms with E-state index in [1.807, 2.05) is 0 Å². The number of nitrogens with two attached hydrogens (primary N) is 1. The van der Waals surface area contributed by atoms with Gasteiger partial charge in [0.2, 0.25) is 11.8 Å². The molecule has 0 fully saturated rings. The lowest BCUT2D eigenvalue weighted by molar-refractivity contribution is -0.120. The minimum atomic E-state index is -1.07. The molecule has 5 nitrogen and oxygen atoms in total. The van der Waals surface area contributed by atoms with Crippen molar-refractivity contribution in [3.05, 3.63) is 24.0 Å². The Morgan fingerprint density at radius 1 is 1.37 bits per heavy atom. The minimum absolute atomic E-state index is 0.0126. The molecule has 1 aromatic rings. The van der Waals surface area contributed by atoms with Crippen molar-refractivity contribution in [1.82, 2.24) is 0 Å². The first-order valence-electron chi connectivity index (χ1n) is 5.93. The van der Waals surface area contributed by atoms with E-state index in [9.17, 15) is 14.0 Å². The lowest BCUT2D eigenvalue weighted by Crippen LogP contribution is -2.47. The second-order valence-corrected chi connectivity index (χ2v) is 4.60. The molecule has 2 amide bonds. The fraction of sp³-hybridized carbons (Fsp3) is 0.385. The van der Waals surface area contributed by atoms with Crippen LogP contribution in [0.5, 0.6) is 0 Å². The first kappa shape index (κ1) is 15.1. The topological polar surface area (TPSA) is 84.2 Å². The van der Waals surface area contributed by atoms with Crippen LogP contribution in [0.4, 0.5) is 15.8 Å². The summed E-state index contributed by atoms with van der Waals surface area (Å²) in [4.78, 5) is 22.8. The molecular formula is C13H18FN3O2. The number of hydrogen-bond donors (Lipinski definition) is 3. The van der Waals surface area contributed by atoms with Crippen molar-refractivity contribution in [2.75, 3.05) is 10.6 Å². The maximum atomic E-state index is 13.6. The summed E-state index contributed by atoms with van der Waals surface area (Å²) in [5.41, 5.74) is 5.09. The highest BCUT2D eigenvalue weighted by molar-refractivity contribution is 5.98. The fourth-order valence-electron chi connectivity index (χ4n) is 1.33. The molecule has 104 valence electrons. The van der Waals surface area contributed by atoms with Gasteiger partial charge in [0.25, 0.3) is 0 Å². The number of anilines is 2. The number of carbonyl (C=O) groups is 2. The Kier molecular flexibility index (Phi) is 4.61. The van der Waals surface area contributed by atoms with Crippen LogP contribution in [0.15, 0.2) is 18.2 Å². The van der Waals surface area contributed by atoms with Gasteiger partial charge in [-0.25, -0.2) is 4.39 Å². The van der Waals surface area contributed by atoms with E-state index in [2.05, 4.69) is 10.6 Å². The molecule has 0 aliphatic rings. The Morgan fingerprint density at radius 2 is 2.00 bits per heavy atom. The molecule has 0 aromatic heterocycles. The normalized spacial score (nSPS) is 13.5. The maximum absolute atomic E-state index is 13.6. The van der Waals surface area contributed by atoms with Crippen molar-refractivity contribution in [1.29, 1.82) is 0 Å². The average Bonchev–Trinajstić information content (AvgIpc) is 2.32. The lowest BCUT2D eigenvalue weighted by atomic mass is 9.99. The molecule has 1 aromatic carbocycles. The van der Waals surface area contributed by atoms with Crippen molar-refractivity contribution < 1.29 is 14.0 Å². The van der Waals surface area contributed by atoms with Crippen LogP contribution < -0.4 is 16.4 Å². The van der Waals surface area contributed by atoms with E-state index in [4.69, 9.17) is 5.73 Å². The summed E-state index contributed by atoms with van der Waals surface area (Å²) >= 11 is 0. The van der Waals surface area contributed by atoms with E-state index < -0.39 is 17.3 Å². The molecule has 0 radical (unpaired) electrons. The smallest absolute Gasteiger partial charge is 0.244 e. The third kappa shape index (κ3) is 4.03. The molecule has 1 atom stereocenters. The van der Waals surface area contributed by atoms with Crippen LogP contribution in [0, 0.1) is 5.82 Å². The number of halogens is 1. The summed E-state index contributed by atoms with van der Waals surface area (Å²) in [6.45, 7) is 4.68. The van der Waals surface area contributed by atoms with Crippen molar-refractivity contribution in [3.63, 3.8) is 0 Å². The van der Waals surface area contributed by atoms with E-state index in [0.717, 1.165) is 0 Å². The summed E-state index contributed by atoms with van der Waals surface area (Å²) in [7, 11) is 0. The van der Waals surface area contributed by atoms with Gasteiger partial charge >= 0.3 is 0 Å². The largest absolute Gasteiger partial charge is 0.326 e. The standard InChI is InChI=1S/C13H18FN3O2/c1-4-13(3,15)12(19)17-11-7-9(16-8(2)18)5-6-10(11)14/h5-7H,4,15H2,1-3H3,(H,16,18)(H,17,19). The maximum Gasteiger partial charge on any atom is 0.244 e. The number of amides is 2. The number of hydrogen-bond acceptors (Lipinski definition) is 3. The van der Waals surface area contributed by atoms with Crippen LogP contribution in [0.3, 0.4) is 0 Å². The number of nitrogens with one attached hydrogen (secondary N) is 2. The van der Waals surface area contributed by atoms with Gasteiger partial charge in [0.05, 0.1) is 11.2 Å². The van der Waals surface area contributed by atoms with Crippen LogP contribution in [-0.2, 0) is 9.59 Å². The zero-order chi connectivity index (χ0) is 14.6. The molecule has 0 saturated heterocycles. The number of benzene rings is 1. The molecule has 0 saturated carbocycles. The molecule has 6 heteroatoms. The highest BCUT2D eigenvalue weighted by Crippen LogP contribution is 2.21. The first-order valence-corrected chi connectivity index (χ1v) is 5.93. The van der Waals surface area contributed by atoms with Gasteiger partial charge in [0, 0.05) is 12.6 Å². The molecule has 0 bridgehead atoms. The van der Waals surface area contributed by atoms with Gasteiger partial charge < -0.3 is 16.4 Å². The van der Waals surface area contributed by atoms with Gasteiger partial charge in [-0.3, -0.25) is 9.59 Å². The SMILES string of the molecule is CCC(C)(N)C(=O)Nc1cc(NC(C)=O)ccc1F. The Balaban J connectivity index is 2.94. The number of rotatable bonds is 4. The highest BCUT2D eigenvalue weighted by atomic mass is 19.1. The van der Waals surface area contributed by atoms with Crippen molar-refractivity contribution in [2.45, 2.75) is 32.7 Å². The Labute approximate surface area is 111 Å². The summed E-state index contributed by atoms with van der Waals surface area (Å²) in [6.07, 6.45) is 0.422. The minimum Gasteiger partial charge on any atom is -0.326 e. The van der Waals surface area contributed by atoms with Gasteiger partial charge in [0.1, 0.15) is 5.82 Å². The Morgan fingerprint density at radius 3 is 2.53 bits per heavy atom. The van der Waals surface area contributed by atoms with E-state index in [1.165, 1.54) is 25.1 Å². The van der Waals surface area contributed by atoms with E-state index in [-0.39, 0.29) is 11.6 Å². The molecular weight excluding hydrogens is 249 g/mol. The number of carbonyl (C=O) groups excluding carboxylic acids is 2. The van der Waals surface area contributed by atoms with E-state index >= 15 is 0 Å². The van der Waals surface area contributed by atoms with Gasteiger partial charge in [-0.1, -0.05) is 6.92 Å². The zero-order valence-electron chi connectivity index (χ0n) is 11.2. The second kappa shape index (κ2) is 5.79. The molecule has 1 unspecified atom stereocenters. The third-order valence-electron chi connectivity index (χ3n) is 2.79. The molecule has 0 spiro atoms.